The van der Waals surface area contributed by atoms with Crippen LogP contribution in [-0.2, 0) is 22.1 Å². The van der Waals surface area contributed by atoms with Crippen LogP contribution >= 0.6 is 0 Å². The van der Waals surface area contributed by atoms with E-state index in [0.29, 0.717) is 11.1 Å². The van der Waals surface area contributed by atoms with Gasteiger partial charge >= 0.3 is 6.36 Å². The lowest BCUT2D eigenvalue weighted by molar-refractivity contribution is -0.274. The molecule has 0 spiro atoms. The van der Waals surface area contributed by atoms with Crippen LogP contribution in [0.3, 0.4) is 0 Å². The van der Waals surface area contributed by atoms with E-state index in [0.717, 1.165) is 12.1 Å². The molecule has 3 aromatic rings. The standard InChI is InChI=1S/C22H18F3NO4S/c23-22(24,25)30-19-11-9-16(10-12-19)14-26-21(27)18-6-4-5-17(13-18)15-31(28,29)20-7-2-1-3-8-20/h1-13H,14-15H2,(H,26,27). The molecule has 5 nitrogen and oxygen atoms in total. The van der Waals surface area contributed by atoms with E-state index < -0.39 is 22.1 Å². The number of hydrogen-bond donors (Lipinski definition) is 1. The van der Waals surface area contributed by atoms with Crippen LogP contribution in [0.25, 0.3) is 0 Å². The first-order chi connectivity index (χ1) is 14.6. The van der Waals surface area contributed by atoms with Gasteiger partial charge in [0.2, 0.25) is 0 Å². The molecule has 0 aliphatic rings. The molecule has 9 heteroatoms. The molecule has 162 valence electrons. The number of benzene rings is 3. The summed E-state index contributed by atoms with van der Waals surface area (Å²) < 4.78 is 65.4. The van der Waals surface area contributed by atoms with Crippen molar-refractivity contribution in [1.29, 1.82) is 0 Å². The van der Waals surface area contributed by atoms with Crippen LogP contribution in [0.5, 0.6) is 5.75 Å². The largest absolute Gasteiger partial charge is 0.573 e. The summed E-state index contributed by atoms with van der Waals surface area (Å²) in [5, 5.41) is 2.65. The topological polar surface area (TPSA) is 72.5 Å². The van der Waals surface area contributed by atoms with E-state index in [-0.39, 0.29) is 28.5 Å². The third-order valence-electron chi connectivity index (χ3n) is 4.26. The highest BCUT2D eigenvalue weighted by Crippen LogP contribution is 2.23. The fraction of sp³-hybridized carbons (Fsp3) is 0.136. The van der Waals surface area contributed by atoms with Gasteiger partial charge in [-0.25, -0.2) is 8.42 Å². The van der Waals surface area contributed by atoms with Crippen LogP contribution in [0.4, 0.5) is 13.2 Å². The Kier molecular flexibility index (Phi) is 6.65. The lowest BCUT2D eigenvalue weighted by Gasteiger charge is -2.10. The minimum atomic E-state index is -4.77. The molecule has 0 aromatic heterocycles. The Labute approximate surface area is 177 Å². The Bertz CT molecular complexity index is 1150. The maximum atomic E-state index is 12.5. The van der Waals surface area contributed by atoms with Gasteiger partial charge in [0, 0.05) is 12.1 Å². The van der Waals surface area contributed by atoms with Crippen LogP contribution in [0.15, 0.2) is 83.8 Å². The quantitative estimate of drug-likeness (QED) is 0.577. The van der Waals surface area contributed by atoms with Crippen molar-refractivity contribution in [2.24, 2.45) is 0 Å². The first-order valence-corrected chi connectivity index (χ1v) is 10.8. The van der Waals surface area contributed by atoms with Crippen LogP contribution in [0.2, 0.25) is 0 Å². The Morgan fingerprint density at radius 1 is 0.871 bits per heavy atom. The molecule has 0 aliphatic heterocycles. The molecular weight excluding hydrogens is 431 g/mol. The summed E-state index contributed by atoms with van der Waals surface area (Å²) in [6.45, 7) is 0.0810. The van der Waals surface area contributed by atoms with Crippen LogP contribution in [0.1, 0.15) is 21.5 Å². The minimum Gasteiger partial charge on any atom is -0.406 e. The van der Waals surface area contributed by atoms with Gasteiger partial charge in [-0.2, -0.15) is 0 Å². The number of alkyl halides is 3. The van der Waals surface area contributed by atoms with E-state index in [2.05, 4.69) is 10.1 Å². The lowest BCUT2D eigenvalue weighted by atomic mass is 10.1. The highest BCUT2D eigenvalue weighted by Gasteiger charge is 2.30. The maximum absolute atomic E-state index is 12.5. The molecule has 1 N–H and O–H groups in total. The van der Waals surface area contributed by atoms with Crippen molar-refractivity contribution in [3.8, 4) is 5.75 Å². The third kappa shape index (κ3) is 6.58. The SMILES string of the molecule is O=C(NCc1ccc(OC(F)(F)F)cc1)c1cccc(CS(=O)(=O)c2ccccc2)c1. The summed E-state index contributed by atoms with van der Waals surface area (Å²) in [7, 11) is -3.55. The van der Waals surface area contributed by atoms with Gasteiger partial charge in [0.15, 0.2) is 9.84 Å². The van der Waals surface area contributed by atoms with Gasteiger partial charge in [0.05, 0.1) is 10.6 Å². The average Bonchev–Trinajstić information content (AvgIpc) is 2.72. The molecule has 0 radical (unpaired) electrons. The number of halogens is 3. The number of hydrogen-bond acceptors (Lipinski definition) is 4. The van der Waals surface area contributed by atoms with Gasteiger partial charge in [-0.3, -0.25) is 4.79 Å². The molecule has 0 aliphatic carbocycles. The van der Waals surface area contributed by atoms with Gasteiger partial charge in [0.25, 0.3) is 5.91 Å². The zero-order valence-electron chi connectivity index (χ0n) is 16.1. The highest BCUT2D eigenvalue weighted by atomic mass is 32.2. The van der Waals surface area contributed by atoms with Crippen LogP contribution < -0.4 is 10.1 Å². The zero-order chi connectivity index (χ0) is 22.5. The summed E-state index contributed by atoms with van der Waals surface area (Å²) in [5.74, 6) is -1.04. The maximum Gasteiger partial charge on any atom is 0.573 e. The number of ether oxygens (including phenoxy) is 1. The summed E-state index contributed by atoms with van der Waals surface area (Å²) in [4.78, 5) is 12.6. The van der Waals surface area contributed by atoms with Crippen LogP contribution in [0, 0.1) is 0 Å². The number of sulfone groups is 1. The van der Waals surface area contributed by atoms with E-state index in [1.54, 1.807) is 36.4 Å². The van der Waals surface area contributed by atoms with Crippen molar-refractivity contribution in [3.63, 3.8) is 0 Å². The van der Waals surface area contributed by atoms with E-state index in [4.69, 9.17) is 0 Å². The van der Waals surface area contributed by atoms with Crippen molar-refractivity contribution >= 4 is 15.7 Å². The second-order valence-electron chi connectivity index (χ2n) is 6.65. The summed E-state index contributed by atoms with van der Waals surface area (Å²) in [6.07, 6.45) is -4.77. The summed E-state index contributed by atoms with van der Waals surface area (Å²) in [6, 6.07) is 19.4. The molecule has 0 saturated carbocycles. The predicted molar refractivity (Wildman–Crippen MR) is 108 cm³/mol. The van der Waals surface area contributed by atoms with Crippen molar-refractivity contribution in [3.05, 3.63) is 95.6 Å². The summed E-state index contributed by atoms with van der Waals surface area (Å²) in [5.41, 5.74) is 1.31. The second kappa shape index (κ2) is 9.22. The molecular formula is C22H18F3NO4S. The molecule has 31 heavy (non-hydrogen) atoms. The monoisotopic (exact) mass is 449 g/mol. The number of rotatable bonds is 7. The molecule has 0 bridgehead atoms. The number of carbonyl (C=O) groups excluding carboxylic acids is 1. The molecule has 3 aromatic carbocycles. The second-order valence-corrected chi connectivity index (χ2v) is 8.64. The first kappa shape index (κ1) is 22.4. The normalized spacial score (nSPS) is 11.7. The van der Waals surface area contributed by atoms with Crippen molar-refractivity contribution in [1.82, 2.24) is 5.32 Å². The van der Waals surface area contributed by atoms with E-state index in [9.17, 15) is 26.4 Å². The molecule has 0 heterocycles. The van der Waals surface area contributed by atoms with E-state index >= 15 is 0 Å². The predicted octanol–water partition coefficient (Wildman–Crippen LogP) is 4.49. The Hall–Kier alpha value is -3.33. The third-order valence-corrected chi connectivity index (χ3v) is 5.96. The van der Waals surface area contributed by atoms with Crippen molar-refractivity contribution < 1.29 is 31.1 Å². The van der Waals surface area contributed by atoms with Gasteiger partial charge in [-0.15, -0.1) is 13.2 Å². The average molecular weight is 449 g/mol. The Morgan fingerprint density at radius 2 is 1.55 bits per heavy atom. The summed E-state index contributed by atoms with van der Waals surface area (Å²) >= 11 is 0. The molecule has 3 rings (SSSR count). The van der Waals surface area contributed by atoms with Gasteiger partial charge in [-0.05, 0) is 47.5 Å². The lowest BCUT2D eigenvalue weighted by Crippen LogP contribution is -2.23. The fourth-order valence-electron chi connectivity index (χ4n) is 2.83. The zero-order valence-corrected chi connectivity index (χ0v) is 16.9. The highest BCUT2D eigenvalue weighted by molar-refractivity contribution is 7.90. The molecule has 1 amide bonds. The van der Waals surface area contributed by atoms with Gasteiger partial charge in [-0.1, -0.05) is 42.5 Å². The minimum absolute atomic E-state index is 0.0810. The number of nitrogens with one attached hydrogen (secondary N) is 1. The Morgan fingerprint density at radius 3 is 2.19 bits per heavy atom. The Balaban J connectivity index is 1.63. The molecule has 0 saturated heterocycles. The fourth-order valence-corrected chi connectivity index (χ4v) is 4.18. The molecule has 0 unspecified atom stereocenters. The molecule has 0 atom stereocenters. The van der Waals surface area contributed by atoms with Gasteiger partial charge < -0.3 is 10.1 Å². The number of amides is 1. The first-order valence-electron chi connectivity index (χ1n) is 9.12. The molecule has 0 fully saturated rings. The van der Waals surface area contributed by atoms with Gasteiger partial charge in [0.1, 0.15) is 5.75 Å². The smallest absolute Gasteiger partial charge is 0.406 e. The van der Waals surface area contributed by atoms with Crippen molar-refractivity contribution in [2.75, 3.05) is 0 Å². The van der Waals surface area contributed by atoms with E-state index in [1.807, 2.05) is 0 Å². The van der Waals surface area contributed by atoms with E-state index in [1.165, 1.54) is 30.3 Å². The van der Waals surface area contributed by atoms with Crippen molar-refractivity contribution in [2.45, 2.75) is 23.6 Å². The number of carbonyl (C=O) groups is 1. The van der Waals surface area contributed by atoms with Crippen LogP contribution in [-0.4, -0.2) is 20.7 Å².